The maximum absolute atomic E-state index is 13.5. The molecule has 0 aliphatic rings. The van der Waals surface area contributed by atoms with Crippen molar-refractivity contribution in [3.8, 4) is 5.75 Å². The average molecular weight is 258 g/mol. The molecule has 0 spiro atoms. The molecule has 0 aromatic heterocycles. The summed E-state index contributed by atoms with van der Waals surface area (Å²) >= 11 is 0. The van der Waals surface area contributed by atoms with Crippen LogP contribution in [0.15, 0.2) is 12.1 Å². The molecule has 0 amide bonds. The van der Waals surface area contributed by atoms with E-state index in [0.717, 1.165) is 25.0 Å². The Morgan fingerprint density at radius 2 is 1.72 bits per heavy atom. The van der Waals surface area contributed by atoms with Crippen LogP contribution >= 0.6 is 0 Å². The Labute approximate surface area is 107 Å². The van der Waals surface area contributed by atoms with Crippen LogP contribution in [0.1, 0.15) is 39.2 Å². The first-order chi connectivity index (χ1) is 8.33. The van der Waals surface area contributed by atoms with Crippen LogP contribution in [0.2, 0.25) is 0 Å². The van der Waals surface area contributed by atoms with E-state index in [1.54, 1.807) is 0 Å². The number of rotatable bonds is 5. The van der Waals surface area contributed by atoms with Crippen LogP contribution in [0, 0.1) is 17.0 Å². The van der Waals surface area contributed by atoms with Gasteiger partial charge in [0, 0.05) is 0 Å². The minimum Gasteiger partial charge on any atom is -0.488 e. The predicted octanol–water partition coefficient (Wildman–Crippen LogP) is 3.66. The summed E-state index contributed by atoms with van der Waals surface area (Å²) in [7, 11) is 0. The highest BCUT2D eigenvalue weighted by Crippen LogP contribution is 2.25. The third-order valence-corrected chi connectivity index (χ3v) is 2.56. The second kappa shape index (κ2) is 6.14. The molecule has 1 N–H and O–H groups in total. The number of aliphatic hydroxyl groups excluding tert-OH is 1. The van der Waals surface area contributed by atoms with Gasteiger partial charge in [0.05, 0.1) is 13.2 Å². The summed E-state index contributed by atoms with van der Waals surface area (Å²) < 4.78 is 32.1. The van der Waals surface area contributed by atoms with E-state index in [1.165, 1.54) is 0 Å². The fourth-order valence-corrected chi connectivity index (χ4v) is 1.62. The molecule has 1 aromatic carbocycles. The topological polar surface area (TPSA) is 29.5 Å². The minimum atomic E-state index is -0.769. The Morgan fingerprint density at radius 1 is 1.17 bits per heavy atom. The molecule has 18 heavy (non-hydrogen) atoms. The molecule has 0 atom stereocenters. The Kier molecular flexibility index (Phi) is 5.08. The lowest BCUT2D eigenvalue weighted by Crippen LogP contribution is -2.09. The van der Waals surface area contributed by atoms with Crippen molar-refractivity contribution in [2.24, 2.45) is 5.41 Å². The summed E-state index contributed by atoms with van der Waals surface area (Å²) in [5.41, 5.74) is 0.383. The maximum Gasteiger partial charge on any atom is 0.190 e. The van der Waals surface area contributed by atoms with Crippen molar-refractivity contribution >= 4 is 0 Å². The molecule has 0 radical (unpaired) electrons. The SMILES string of the molecule is CC(C)(C)CCCOc1c(F)cc(CO)cc1F. The van der Waals surface area contributed by atoms with Gasteiger partial charge in [0.1, 0.15) is 0 Å². The zero-order valence-corrected chi connectivity index (χ0v) is 11.1. The van der Waals surface area contributed by atoms with Crippen molar-refractivity contribution in [1.82, 2.24) is 0 Å². The molecule has 0 aliphatic heterocycles. The van der Waals surface area contributed by atoms with Gasteiger partial charge in [-0.1, -0.05) is 20.8 Å². The highest BCUT2D eigenvalue weighted by molar-refractivity contribution is 5.31. The Hall–Kier alpha value is -1.16. The van der Waals surface area contributed by atoms with Gasteiger partial charge in [-0.3, -0.25) is 0 Å². The molecule has 0 saturated carbocycles. The van der Waals surface area contributed by atoms with Gasteiger partial charge < -0.3 is 9.84 Å². The third kappa shape index (κ3) is 4.61. The number of hydrogen-bond acceptors (Lipinski definition) is 2. The fraction of sp³-hybridized carbons (Fsp3) is 0.571. The van der Waals surface area contributed by atoms with Gasteiger partial charge >= 0.3 is 0 Å². The second-order valence-corrected chi connectivity index (χ2v) is 5.56. The molecule has 0 saturated heterocycles. The van der Waals surface area contributed by atoms with Crippen LogP contribution in [0.4, 0.5) is 8.78 Å². The predicted molar refractivity (Wildman–Crippen MR) is 66.5 cm³/mol. The quantitative estimate of drug-likeness (QED) is 0.817. The molecule has 0 heterocycles. The first kappa shape index (κ1) is 14.9. The number of hydrogen-bond donors (Lipinski definition) is 1. The van der Waals surface area contributed by atoms with Gasteiger partial charge in [0.2, 0.25) is 0 Å². The highest BCUT2D eigenvalue weighted by atomic mass is 19.1. The Morgan fingerprint density at radius 3 is 2.17 bits per heavy atom. The lowest BCUT2D eigenvalue weighted by molar-refractivity contribution is 0.248. The van der Waals surface area contributed by atoms with Crippen LogP contribution in [0.25, 0.3) is 0 Å². The minimum absolute atomic E-state index is 0.182. The van der Waals surface area contributed by atoms with Crippen molar-refractivity contribution in [1.29, 1.82) is 0 Å². The van der Waals surface area contributed by atoms with Crippen molar-refractivity contribution in [3.05, 3.63) is 29.3 Å². The molecule has 4 heteroatoms. The summed E-state index contributed by atoms with van der Waals surface area (Å²) in [6.45, 7) is 6.19. The monoisotopic (exact) mass is 258 g/mol. The van der Waals surface area contributed by atoms with E-state index >= 15 is 0 Å². The summed E-state index contributed by atoms with van der Waals surface area (Å²) in [6, 6.07) is 2.17. The van der Waals surface area contributed by atoms with E-state index in [4.69, 9.17) is 9.84 Å². The van der Waals surface area contributed by atoms with Crippen LogP contribution < -0.4 is 4.74 Å². The van der Waals surface area contributed by atoms with Gasteiger partial charge in [0.15, 0.2) is 17.4 Å². The zero-order valence-electron chi connectivity index (χ0n) is 11.1. The molecule has 0 fully saturated rings. The average Bonchev–Trinajstić information content (AvgIpc) is 2.25. The number of benzene rings is 1. The lowest BCUT2D eigenvalue weighted by atomic mass is 9.91. The van der Waals surface area contributed by atoms with Crippen molar-refractivity contribution in [2.75, 3.05) is 6.61 Å². The van der Waals surface area contributed by atoms with Crippen LogP contribution in [-0.2, 0) is 6.61 Å². The van der Waals surface area contributed by atoms with E-state index in [0.29, 0.717) is 0 Å². The summed E-state index contributed by atoms with van der Waals surface area (Å²) in [5.74, 6) is -1.90. The lowest BCUT2D eigenvalue weighted by Gasteiger charge is -2.18. The normalized spacial score (nSPS) is 11.7. The molecule has 1 aromatic rings. The van der Waals surface area contributed by atoms with Gasteiger partial charge in [-0.2, -0.15) is 0 Å². The first-order valence-electron chi connectivity index (χ1n) is 6.05. The van der Waals surface area contributed by atoms with Crippen molar-refractivity contribution in [3.63, 3.8) is 0 Å². The highest BCUT2D eigenvalue weighted by Gasteiger charge is 2.14. The fourth-order valence-electron chi connectivity index (χ4n) is 1.62. The molecular formula is C14H20F2O2. The number of aliphatic hydroxyl groups is 1. The van der Waals surface area contributed by atoms with E-state index in [9.17, 15) is 8.78 Å². The molecule has 0 unspecified atom stereocenters. The van der Waals surface area contributed by atoms with Gasteiger partial charge in [-0.15, -0.1) is 0 Å². The molecular weight excluding hydrogens is 238 g/mol. The van der Waals surface area contributed by atoms with E-state index in [-0.39, 0.29) is 23.3 Å². The summed E-state index contributed by atoms with van der Waals surface area (Å²) in [4.78, 5) is 0. The molecule has 2 nitrogen and oxygen atoms in total. The summed E-state index contributed by atoms with van der Waals surface area (Å²) in [6.07, 6.45) is 1.66. The number of ether oxygens (including phenoxy) is 1. The van der Waals surface area contributed by atoms with E-state index in [2.05, 4.69) is 20.8 Å². The smallest absolute Gasteiger partial charge is 0.190 e. The molecule has 0 bridgehead atoms. The molecule has 102 valence electrons. The van der Waals surface area contributed by atoms with Crippen molar-refractivity contribution in [2.45, 2.75) is 40.2 Å². The molecule has 1 rings (SSSR count). The van der Waals surface area contributed by atoms with Crippen molar-refractivity contribution < 1.29 is 18.6 Å². The second-order valence-electron chi connectivity index (χ2n) is 5.56. The third-order valence-electron chi connectivity index (χ3n) is 2.56. The van der Waals surface area contributed by atoms with Crippen LogP contribution in [0.3, 0.4) is 0 Å². The Balaban J connectivity index is 2.57. The van der Waals surface area contributed by atoms with Gasteiger partial charge in [-0.05, 0) is 36.0 Å². The maximum atomic E-state index is 13.5. The number of halogens is 2. The molecule has 0 aliphatic carbocycles. The zero-order chi connectivity index (χ0) is 13.8. The summed E-state index contributed by atoms with van der Waals surface area (Å²) in [5, 5.41) is 8.81. The standard InChI is InChI=1S/C14H20F2O2/c1-14(2,3)5-4-6-18-13-11(15)7-10(9-17)8-12(13)16/h7-8,17H,4-6,9H2,1-3H3. The van der Waals surface area contributed by atoms with E-state index in [1.807, 2.05) is 0 Å². The largest absolute Gasteiger partial charge is 0.488 e. The van der Waals surface area contributed by atoms with Gasteiger partial charge in [0.25, 0.3) is 0 Å². The van der Waals surface area contributed by atoms with Gasteiger partial charge in [-0.25, -0.2) is 8.78 Å². The van der Waals surface area contributed by atoms with Crippen LogP contribution in [0.5, 0.6) is 5.75 Å². The van der Waals surface area contributed by atoms with E-state index < -0.39 is 18.2 Å². The van der Waals surface area contributed by atoms with Crippen LogP contribution in [-0.4, -0.2) is 11.7 Å². The first-order valence-corrected chi connectivity index (χ1v) is 6.05. The Bertz CT molecular complexity index is 374.